The normalized spacial score (nSPS) is 10.2. The number of tetrazole rings is 1. The summed E-state index contributed by atoms with van der Waals surface area (Å²) in [5.74, 6) is 0.331. The Balaban J connectivity index is 2.53. The van der Waals surface area contributed by atoms with Gasteiger partial charge in [0, 0.05) is 6.07 Å². The van der Waals surface area contributed by atoms with Gasteiger partial charge in [-0.05, 0) is 22.6 Å². The van der Waals surface area contributed by atoms with E-state index in [-0.39, 0.29) is 11.7 Å². The summed E-state index contributed by atoms with van der Waals surface area (Å²) in [4.78, 5) is 0. The highest BCUT2D eigenvalue weighted by molar-refractivity contribution is 5.40. The van der Waals surface area contributed by atoms with Crippen molar-refractivity contribution in [3.8, 4) is 11.4 Å². The van der Waals surface area contributed by atoms with Crippen LogP contribution < -0.4 is 5.73 Å². The first-order valence-electron chi connectivity index (χ1n) is 3.60. The Morgan fingerprint density at radius 3 is 2.85 bits per heavy atom. The molecule has 66 valence electrons. The van der Waals surface area contributed by atoms with Crippen molar-refractivity contribution in [2.24, 2.45) is 0 Å². The number of phenolic OH excluding ortho intramolecular Hbond substituents is 1. The summed E-state index contributed by atoms with van der Waals surface area (Å²) in [5.41, 5.74) is 6.10. The van der Waals surface area contributed by atoms with Gasteiger partial charge in [-0.3, -0.25) is 0 Å². The van der Waals surface area contributed by atoms with E-state index < -0.39 is 0 Å². The van der Waals surface area contributed by atoms with Crippen LogP contribution in [0, 0.1) is 0 Å². The van der Waals surface area contributed by atoms with Gasteiger partial charge in [0.1, 0.15) is 5.75 Å². The number of aromatic nitrogens is 4. The molecule has 0 radical (unpaired) electrons. The summed E-state index contributed by atoms with van der Waals surface area (Å²) in [6.45, 7) is 0. The van der Waals surface area contributed by atoms with Gasteiger partial charge in [-0.1, -0.05) is 11.2 Å². The second-order valence-electron chi connectivity index (χ2n) is 2.47. The average Bonchev–Trinajstić information content (AvgIpc) is 2.51. The summed E-state index contributed by atoms with van der Waals surface area (Å²) in [5, 5.41) is 19.7. The molecule has 0 fully saturated rings. The van der Waals surface area contributed by atoms with E-state index in [0.29, 0.717) is 5.69 Å². The van der Waals surface area contributed by atoms with Crippen LogP contribution in [0.15, 0.2) is 24.3 Å². The van der Waals surface area contributed by atoms with E-state index in [9.17, 15) is 5.11 Å². The molecule has 0 atom stereocenters. The summed E-state index contributed by atoms with van der Waals surface area (Å²) in [6.07, 6.45) is 0. The lowest BCUT2D eigenvalue weighted by Gasteiger charge is -2.00. The predicted octanol–water partition coefficient (Wildman–Crippen LogP) is -0.0499. The molecule has 1 aromatic heterocycles. The van der Waals surface area contributed by atoms with Crippen LogP contribution in [-0.2, 0) is 0 Å². The Bertz CT molecular complexity index is 424. The van der Waals surface area contributed by atoms with Crippen molar-refractivity contribution in [1.82, 2.24) is 20.2 Å². The molecule has 2 rings (SSSR count). The molecule has 6 nitrogen and oxygen atoms in total. The fourth-order valence-corrected chi connectivity index (χ4v) is 1.00. The zero-order chi connectivity index (χ0) is 9.26. The zero-order valence-corrected chi connectivity index (χ0v) is 6.62. The quantitative estimate of drug-likeness (QED) is 0.637. The fourth-order valence-electron chi connectivity index (χ4n) is 1.00. The lowest BCUT2D eigenvalue weighted by molar-refractivity contribution is 0.475. The number of rotatable bonds is 1. The molecule has 0 amide bonds. The first kappa shape index (κ1) is 7.53. The monoisotopic (exact) mass is 177 g/mol. The third-order valence-corrected chi connectivity index (χ3v) is 1.57. The molecule has 6 heteroatoms. The smallest absolute Gasteiger partial charge is 0.245 e. The standard InChI is InChI=1S/C7H7N5O/c8-7-9-10-11-12(7)5-2-1-3-6(13)4-5/h1-4,13H,(H2,8,9,11). The SMILES string of the molecule is Nc1nnnn1-c1cccc(O)c1. The van der Waals surface area contributed by atoms with Crippen molar-refractivity contribution in [3.05, 3.63) is 24.3 Å². The highest BCUT2D eigenvalue weighted by Gasteiger charge is 2.03. The van der Waals surface area contributed by atoms with E-state index in [0.717, 1.165) is 0 Å². The Kier molecular flexibility index (Phi) is 1.59. The first-order chi connectivity index (χ1) is 6.27. The van der Waals surface area contributed by atoms with Crippen LogP contribution >= 0.6 is 0 Å². The van der Waals surface area contributed by atoms with Crippen LogP contribution in [0.1, 0.15) is 0 Å². The topological polar surface area (TPSA) is 89.9 Å². The molecule has 1 heterocycles. The molecule has 0 aliphatic rings. The van der Waals surface area contributed by atoms with Crippen molar-refractivity contribution in [2.45, 2.75) is 0 Å². The summed E-state index contributed by atoms with van der Waals surface area (Å²) < 4.78 is 1.33. The minimum Gasteiger partial charge on any atom is -0.508 e. The molecule has 0 aliphatic carbocycles. The number of phenols is 1. The number of anilines is 1. The van der Waals surface area contributed by atoms with Gasteiger partial charge in [-0.2, -0.15) is 4.68 Å². The molecule has 0 spiro atoms. The molecule has 0 saturated carbocycles. The third kappa shape index (κ3) is 1.28. The van der Waals surface area contributed by atoms with Crippen LogP contribution in [0.4, 0.5) is 5.95 Å². The molecule has 1 aromatic carbocycles. The highest BCUT2D eigenvalue weighted by atomic mass is 16.3. The number of hydrogen-bond donors (Lipinski definition) is 2. The molecular formula is C7H7N5O. The zero-order valence-electron chi connectivity index (χ0n) is 6.62. The summed E-state index contributed by atoms with van der Waals surface area (Å²) in [6, 6.07) is 6.51. The van der Waals surface area contributed by atoms with Crippen molar-refractivity contribution in [1.29, 1.82) is 0 Å². The van der Waals surface area contributed by atoms with Gasteiger partial charge < -0.3 is 10.8 Å². The Morgan fingerprint density at radius 1 is 1.38 bits per heavy atom. The number of benzene rings is 1. The molecule has 2 aromatic rings. The number of aromatic hydroxyl groups is 1. The van der Waals surface area contributed by atoms with Gasteiger partial charge in [0.2, 0.25) is 5.95 Å². The van der Waals surface area contributed by atoms with Crippen molar-refractivity contribution in [3.63, 3.8) is 0 Å². The second-order valence-corrected chi connectivity index (χ2v) is 2.47. The van der Waals surface area contributed by atoms with Crippen molar-refractivity contribution < 1.29 is 5.11 Å². The lowest BCUT2D eigenvalue weighted by Crippen LogP contribution is -2.01. The van der Waals surface area contributed by atoms with Gasteiger partial charge in [-0.25, -0.2) is 0 Å². The maximum Gasteiger partial charge on any atom is 0.245 e. The molecule has 0 aliphatic heterocycles. The van der Waals surface area contributed by atoms with E-state index in [1.165, 1.54) is 10.7 Å². The number of nitrogens with zero attached hydrogens (tertiary/aromatic N) is 4. The molecule has 3 N–H and O–H groups in total. The second kappa shape index (κ2) is 2.74. The van der Waals surface area contributed by atoms with Gasteiger partial charge in [0.05, 0.1) is 5.69 Å². The van der Waals surface area contributed by atoms with Crippen LogP contribution in [0.2, 0.25) is 0 Å². The van der Waals surface area contributed by atoms with Crippen LogP contribution in [0.25, 0.3) is 5.69 Å². The van der Waals surface area contributed by atoms with Crippen LogP contribution in [0.3, 0.4) is 0 Å². The van der Waals surface area contributed by atoms with E-state index in [2.05, 4.69) is 15.5 Å². The molecular weight excluding hydrogens is 170 g/mol. The largest absolute Gasteiger partial charge is 0.508 e. The number of nitrogen functional groups attached to an aromatic ring is 1. The Hall–Kier alpha value is -2.11. The lowest BCUT2D eigenvalue weighted by atomic mass is 10.3. The first-order valence-corrected chi connectivity index (χ1v) is 3.60. The Morgan fingerprint density at radius 2 is 2.23 bits per heavy atom. The van der Waals surface area contributed by atoms with Gasteiger partial charge in [0.15, 0.2) is 0 Å². The fraction of sp³-hybridized carbons (Fsp3) is 0. The number of nitrogens with two attached hydrogens (primary N) is 1. The van der Waals surface area contributed by atoms with Crippen LogP contribution in [0.5, 0.6) is 5.75 Å². The average molecular weight is 177 g/mol. The predicted molar refractivity (Wildman–Crippen MR) is 45.2 cm³/mol. The minimum atomic E-state index is 0.146. The summed E-state index contributed by atoms with van der Waals surface area (Å²) >= 11 is 0. The number of hydrogen-bond acceptors (Lipinski definition) is 5. The maximum atomic E-state index is 9.18. The van der Waals surface area contributed by atoms with E-state index in [1.54, 1.807) is 18.2 Å². The van der Waals surface area contributed by atoms with E-state index in [1.807, 2.05) is 0 Å². The Labute approximate surface area is 73.6 Å². The summed E-state index contributed by atoms with van der Waals surface area (Å²) in [7, 11) is 0. The van der Waals surface area contributed by atoms with Crippen molar-refractivity contribution >= 4 is 5.95 Å². The van der Waals surface area contributed by atoms with Gasteiger partial charge in [-0.15, -0.1) is 0 Å². The minimum absolute atomic E-state index is 0.146. The third-order valence-electron chi connectivity index (χ3n) is 1.57. The molecule has 0 saturated heterocycles. The molecule has 0 unspecified atom stereocenters. The van der Waals surface area contributed by atoms with E-state index in [4.69, 9.17) is 5.73 Å². The van der Waals surface area contributed by atoms with Gasteiger partial charge in [0.25, 0.3) is 0 Å². The van der Waals surface area contributed by atoms with Gasteiger partial charge >= 0.3 is 0 Å². The van der Waals surface area contributed by atoms with Crippen LogP contribution in [-0.4, -0.2) is 25.3 Å². The molecule has 13 heavy (non-hydrogen) atoms. The maximum absolute atomic E-state index is 9.18. The highest BCUT2D eigenvalue weighted by Crippen LogP contribution is 2.15. The molecule has 0 bridgehead atoms. The van der Waals surface area contributed by atoms with Crippen molar-refractivity contribution in [2.75, 3.05) is 5.73 Å². The van der Waals surface area contributed by atoms with E-state index >= 15 is 0 Å².